The van der Waals surface area contributed by atoms with E-state index in [1.807, 2.05) is 43.7 Å². The molecule has 0 saturated heterocycles. The molecule has 3 rings (SSSR count). The van der Waals surface area contributed by atoms with Crippen LogP contribution in [0.4, 0.5) is 0 Å². The molecule has 0 spiro atoms. The number of aromatic nitrogens is 2. The van der Waals surface area contributed by atoms with Crippen LogP contribution in [0.25, 0.3) is 0 Å². The van der Waals surface area contributed by atoms with Crippen LogP contribution in [0.1, 0.15) is 23.5 Å². The fraction of sp³-hybridized carbons (Fsp3) is 0.375. The Kier molecular flexibility index (Phi) is 3.97. The molecule has 0 bridgehead atoms. The number of nitrogens with one attached hydrogen (secondary N) is 1. The van der Waals surface area contributed by atoms with Crippen molar-refractivity contribution in [2.75, 3.05) is 6.54 Å². The van der Waals surface area contributed by atoms with Gasteiger partial charge < -0.3 is 5.32 Å². The molecule has 1 aromatic carbocycles. The van der Waals surface area contributed by atoms with Crippen LogP contribution in [-0.2, 0) is 18.3 Å². The number of rotatable bonds is 5. The van der Waals surface area contributed by atoms with Crippen molar-refractivity contribution in [1.82, 2.24) is 15.1 Å². The Morgan fingerprint density at radius 1 is 1.52 bits per heavy atom. The van der Waals surface area contributed by atoms with Crippen LogP contribution in [0.5, 0.6) is 0 Å². The van der Waals surface area contributed by atoms with E-state index in [0.29, 0.717) is 12.5 Å². The highest BCUT2D eigenvalue weighted by Crippen LogP contribution is 2.47. The van der Waals surface area contributed by atoms with Crippen LogP contribution in [0.2, 0.25) is 5.02 Å². The van der Waals surface area contributed by atoms with Gasteiger partial charge in [0.2, 0.25) is 5.91 Å². The Morgan fingerprint density at radius 2 is 2.38 bits per heavy atom. The van der Waals surface area contributed by atoms with Gasteiger partial charge in [0.05, 0.1) is 6.20 Å². The third-order valence-corrected chi connectivity index (χ3v) is 4.12. The summed E-state index contributed by atoms with van der Waals surface area (Å²) in [4.78, 5) is 12.1. The molecule has 1 aromatic heterocycles. The molecule has 0 unspecified atom stereocenters. The number of benzene rings is 1. The molecular formula is C16H18ClN3O. The van der Waals surface area contributed by atoms with Crippen molar-refractivity contribution in [1.29, 1.82) is 0 Å². The van der Waals surface area contributed by atoms with Gasteiger partial charge in [-0.2, -0.15) is 5.10 Å². The lowest BCUT2D eigenvalue weighted by Crippen LogP contribution is -2.27. The van der Waals surface area contributed by atoms with E-state index in [9.17, 15) is 4.79 Å². The number of halogens is 1. The van der Waals surface area contributed by atoms with E-state index in [1.165, 1.54) is 0 Å². The van der Waals surface area contributed by atoms with Crippen LogP contribution in [-0.4, -0.2) is 22.2 Å². The molecule has 5 heteroatoms. The number of nitrogens with zero attached hydrogens (tertiary/aromatic N) is 2. The number of aryl methyl sites for hydroxylation is 1. The quantitative estimate of drug-likeness (QED) is 0.922. The van der Waals surface area contributed by atoms with Crippen molar-refractivity contribution in [3.8, 4) is 0 Å². The summed E-state index contributed by atoms with van der Waals surface area (Å²) >= 11 is 5.94. The molecule has 0 radical (unpaired) electrons. The Bertz CT molecular complexity index is 652. The Balaban J connectivity index is 1.45. The van der Waals surface area contributed by atoms with Gasteiger partial charge in [-0.25, -0.2) is 0 Å². The van der Waals surface area contributed by atoms with E-state index in [4.69, 9.17) is 11.6 Å². The SMILES string of the molecule is Cn1cc([C@@H]2C[C@H]2C(=O)NCCc2cccc(Cl)c2)cn1. The predicted molar refractivity (Wildman–Crippen MR) is 82.2 cm³/mol. The number of carbonyl (C=O) groups is 1. The maximum atomic E-state index is 12.1. The number of hydrogen-bond donors (Lipinski definition) is 1. The second-order valence-corrected chi connectivity index (χ2v) is 6.00. The summed E-state index contributed by atoms with van der Waals surface area (Å²) in [6, 6.07) is 7.74. The smallest absolute Gasteiger partial charge is 0.223 e. The summed E-state index contributed by atoms with van der Waals surface area (Å²) in [5, 5.41) is 7.90. The van der Waals surface area contributed by atoms with Crippen molar-refractivity contribution in [3.63, 3.8) is 0 Å². The zero-order valence-corrected chi connectivity index (χ0v) is 12.7. The number of hydrogen-bond acceptors (Lipinski definition) is 2. The van der Waals surface area contributed by atoms with Crippen LogP contribution in [0.15, 0.2) is 36.7 Å². The normalized spacial score (nSPS) is 20.3. The van der Waals surface area contributed by atoms with Crippen molar-refractivity contribution < 1.29 is 4.79 Å². The standard InChI is InChI=1S/C16H18ClN3O/c1-20-10-12(9-19-20)14-8-15(14)16(21)18-6-5-11-3-2-4-13(17)7-11/h2-4,7,9-10,14-15H,5-6,8H2,1H3,(H,18,21)/t14-,15+/m0/s1. The van der Waals surface area contributed by atoms with E-state index in [0.717, 1.165) is 29.0 Å². The van der Waals surface area contributed by atoms with Gasteiger partial charge in [-0.05, 0) is 42.0 Å². The first-order valence-electron chi connectivity index (χ1n) is 7.14. The van der Waals surface area contributed by atoms with Gasteiger partial charge in [0.25, 0.3) is 0 Å². The van der Waals surface area contributed by atoms with Crippen LogP contribution in [0.3, 0.4) is 0 Å². The Morgan fingerprint density at radius 3 is 3.10 bits per heavy atom. The van der Waals surface area contributed by atoms with Gasteiger partial charge in [0.1, 0.15) is 0 Å². The molecule has 2 atom stereocenters. The summed E-state index contributed by atoms with van der Waals surface area (Å²) in [6.07, 6.45) is 5.57. The maximum Gasteiger partial charge on any atom is 0.223 e. The van der Waals surface area contributed by atoms with Crippen molar-refractivity contribution in [3.05, 3.63) is 52.8 Å². The fourth-order valence-corrected chi connectivity index (χ4v) is 2.85. The lowest BCUT2D eigenvalue weighted by atomic mass is 10.1. The minimum absolute atomic E-state index is 0.105. The minimum atomic E-state index is 0.105. The van der Waals surface area contributed by atoms with Gasteiger partial charge in [-0.3, -0.25) is 9.48 Å². The van der Waals surface area contributed by atoms with E-state index in [2.05, 4.69) is 10.4 Å². The predicted octanol–water partition coefficient (Wildman–Crippen LogP) is 2.54. The van der Waals surface area contributed by atoms with Gasteiger partial charge >= 0.3 is 0 Å². The minimum Gasteiger partial charge on any atom is -0.356 e. The molecule has 0 aliphatic heterocycles. The average molecular weight is 304 g/mol. The number of carbonyl (C=O) groups excluding carboxylic acids is 1. The van der Waals surface area contributed by atoms with Crippen LogP contribution in [0, 0.1) is 5.92 Å². The molecule has 1 heterocycles. The zero-order valence-electron chi connectivity index (χ0n) is 11.9. The first-order chi connectivity index (χ1) is 10.1. The highest BCUT2D eigenvalue weighted by Gasteiger charge is 2.44. The average Bonchev–Trinajstić information content (AvgIpc) is 3.14. The summed E-state index contributed by atoms with van der Waals surface area (Å²) < 4.78 is 1.78. The molecular weight excluding hydrogens is 286 g/mol. The third-order valence-electron chi connectivity index (χ3n) is 3.88. The fourth-order valence-electron chi connectivity index (χ4n) is 2.64. The van der Waals surface area contributed by atoms with Crippen LogP contribution < -0.4 is 5.32 Å². The van der Waals surface area contributed by atoms with Gasteiger partial charge in [0, 0.05) is 30.7 Å². The monoisotopic (exact) mass is 303 g/mol. The Hall–Kier alpha value is -1.81. The molecule has 1 amide bonds. The topological polar surface area (TPSA) is 46.9 Å². The van der Waals surface area contributed by atoms with Gasteiger partial charge in [-0.15, -0.1) is 0 Å². The zero-order chi connectivity index (χ0) is 14.8. The molecule has 1 aliphatic carbocycles. The Labute approximate surface area is 129 Å². The summed E-state index contributed by atoms with van der Waals surface area (Å²) in [5.74, 6) is 0.587. The number of amides is 1. The summed E-state index contributed by atoms with van der Waals surface area (Å²) in [6.45, 7) is 0.648. The molecule has 1 aliphatic rings. The first-order valence-corrected chi connectivity index (χ1v) is 7.52. The summed E-state index contributed by atoms with van der Waals surface area (Å²) in [5.41, 5.74) is 2.30. The molecule has 21 heavy (non-hydrogen) atoms. The highest BCUT2D eigenvalue weighted by atomic mass is 35.5. The molecule has 4 nitrogen and oxygen atoms in total. The van der Waals surface area contributed by atoms with Gasteiger partial charge in [-0.1, -0.05) is 23.7 Å². The van der Waals surface area contributed by atoms with Crippen molar-refractivity contribution in [2.45, 2.75) is 18.8 Å². The highest BCUT2D eigenvalue weighted by molar-refractivity contribution is 6.30. The molecule has 1 N–H and O–H groups in total. The molecule has 110 valence electrons. The van der Waals surface area contributed by atoms with E-state index < -0.39 is 0 Å². The van der Waals surface area contributed by atoms with E-state index >= 15 is 0 Å². The molecule has 1 fully saturated rings. The van der Waals surface area contributed by atoms with Gasteiger partial charge in [0.15, 0.2) is 0 Å². The third kappa shape index (κ3) is 3.45. The van der Waals surface area contributed by atoms with Crippen molar-refractivity contribution in [2.24, 2.45) is 13.0 Å². The lowest BCUT2D eigenvalue weighted by Gasteiger charge is -2.05. The second-order valence-electron chi connectivity index (χ2n) is 5.57. The van der Waals surface area contributed by atoms with Crippen molar-refractivity contribution >= 4 is 17.5 Å². The molecule has 2 aromatic rings. The van der Waals surface area contributed by atoms with E-state index in [-0.39, 0.29) is 11.8 Å². The lowest BCUT2D eigenvalue weighted by molar-refractivity contribution is -0.122. The first kappa shape index (κ1) is 14.1. The molecule has 1 saturated carbocycles. The summed E-state index contributed by atoms with van der Waals surface area (Å²) in [7, 11) is 1.89. The maximum absolute atomic E-state index is 12.1. The van der Waals surface area contributed by atoms with Crippen LogP contribution >= 0.6 is 11.6 Å². The van der Waals surface area contributed by atoms with E-state index in [1.54, 1.807) is 4.68 Å². The largest absolute Gasteiger partial charge is 0.356 e. The second kappa shape index (κ2) is 5.90.